The standard InChI is InChI=1S/C39H45F6NO2/c1-24(2)5-14-35(28-8-12-33(13-9-28)39(43,44)45)46-17-15-27(16-18-46)30-20-29(26-6-10-32(11-7-26)38(40,41)42)21-31(22-30)34(19-25(3)4)37(47)36-23-48-36/h6-13,20-22,24-25,27,34-36H,5,14-19,23H2,1-4H3. The monoisotopic (exact) mass is 673 g/mol. The minimum Gasteiger partial charge on any atom is -0.365 e. The van der Waals surface area contributed by atoms with Crippen LogP contribution in [0.4, 0.5) is 26.3 Å². The van der Waals surface area contributed by atoms with Gasteiger partial charge in [-0.1, -0.05) is 70.2 Å². The molecule has 2 heterocycles. The fourth-order valence-corrected chi connectivity index (χ4v) is 6.95. The maximum absolute atomic E-state index is 13.5. The maximum Gasteiger partial charge on any atom is 0.416 e. The number of benzene rings is 3. The van der Waals surface area contributed by atoms with E-state index in [1.165, 1.54) is 24.3 Å². The van der Waals surface area contributed by atoms with Gasteiger partial charge in [-0.25, -0.2) is 0 Å². The highest BCUT2D eigenvalue weighted by Crippen LogP contribution is 2.40. The summed E-state index contributed by atoms with van der Waals surface area (Å²) in [6, 6.07) is 16.8. The maximum atomic E-state index is 13.5. The summed E-state index contributed by atoms with van der Waals surface area (Å²) in [7, 11) is 0. The summed E-state index contributed by atoms with van der Waals surface area (Å²) in [5, 5.41) is 0. The molecule has 3 atom stereocenters. The van der Waals surface area contributed by atoms with Crippen molar-refractivity contribution in [2.24, 2.45) is 11.8 Å². The molecule has 3 aromatic carbocycles. The lowest BCUT2D eigenvalue weighted by atomic mass is 9.80. The lowest BCUT2D eigenvalue weighted by Gasteiger charge is -2.39. The number of Topliss-reactive ketones (excluding diaryl/α,β-unsaturated/α-hetero) is 1. The molecule has 0 bridgehead atoms. The van der Waals surface area contributed by atoms with E-state index in [0.717, 1.165) is 73.2 Å². The van der Waals surface area contributed by atoms with Crippen molar-refractivity contribution in [2.75, 3.05) is 19.7 Å². The van der Waals surface area contributed by atoms with Gasteiger partial charge in [0.2, 0.25) is 0 Å². The molecule has 5 rings (SSSR count). The van der Waals surface area contributed by atoms with Gasteiger partial charge in [0.15, 0.2) is 5.78 Å². The summed E-state index contributed by atoms with van der Waals surface area (Å²) >= 11 is 0. The molecule has 0 aliphatic carbocycles. The topological polar surface area (TPSA) is 32.8 Å². The van der Waals surface area contributed by atoms with Gasteiger partial charge in [0, 0.05) is 12.0 Å². The SMILES string of the molecule is CC(C)CCC(c1ccc(C(F)(F)F)cc1)N1CCC(c2cc(-c3ccc(C(F)(F)F)cc3)cc(C(CC(C)C)C(=O)C3CO3)c2)CC1. The average Bonchev–Trinajstić information content (AvgIpc) is 3.89. The number of alkyl halides is 6. The number of carbonyl (C=O) groups excluding carboxylic acids is 1. The third-order valence-electron chi connectivity index (χ3n) is 9.71. The van der Waals surface area contributed by atoms with Gasteiger partial charge in [-0.05, 0) is 115 Å². The fraction of sp³-hybridized carbons (Fsp3) is 0.513. The van der Waals surface area contributed by atoms with Gasteiger partial charge in [-0.2, -0.15) is 26.3 Å². The molecular weight excluding hydrogens is 628 g/mol. The second-order valence-corrected chi connectivity index (χ2v) is 14.3. The van der Waals surface area contributed by atoms with Gasteiger partial charge in [-0.3, -0.25) is 9.69 Å². The molecule has 0 aromatic heterocycles. The Morgan fingerprint density at radius 2 is 1.31 bits per heavy atom. The molecule has 9 heteroatoms. The molecule has 0 radical (unpaired) electrons. The van der Waals surface area contributed by atoms with Gasteiger partial charge in [0.05, 0.1) is 17.7 Å². The lowest BCUT2D eigenvalue weighted by molar-refractivity contribution is -0.138. The van der Waals surface area contributed by atoms with Crippen molar-refractivity contribution in [1.29, 1.82) is 0 Å². The predicted octanol–water partition coefficient (Wildman–Crippen LogP) is 10.8. The summed E-state index contributed by atoms with van der Waals surface area (Å²) in [6.45, 7) is 10.3. The summed E-state index contributed by atoms with van der Waals surface area (Å²) in [6.07, 6.45) is -5.20. The lowest BCUT2D eigenvalue weighted by Crippen LogP contribution is -2.36. The molecule has 260 valence electrons. The average molecular weight is 674 g/mol. The van der Waals surface area contributed by atoms with E-state index in [4.69, 9.17) is 4.74 Å². The van der Waals surface area contributed by atoms with Crippen molar-refractivity contribution < 1.29 is 35.9 Å². The summed E-state index contributed by atoms with van der Waals surface area (Å²) in [5.41, 5.74) is 2.85. The van der Waals surface area contributed by atoms with Crippen LogP contribution in [0, 0.1) is 11.8 Å². The largest absolute Gasteiger partial charge is 0.416 e. The third kappa shape index (κ3) is 9.08. The van der Waals surface area contributed by atoms with E-state index in [1.54, 1.807) is 12.1 Å². The van der Waals surface area contributed by atoms with E-state index < -0.39 is 29.6 Å². The Morgan fingerprint density at radius 1 is 0.750 bits per heavy atom. The van der Waals surface area contributed by atoms with Crippen LogP contribution in [-0.2, 0) is 21.9 Å². The molecule has 2 aliphatic heterocycles. The van der Waals surface area contributed by atoms with E-state index in [1.807, 2.05) is 12.1 Å². The number of piperidine rings is 1. The molecular formula is C39H45F6NO2. The number of hydrogen-bond donors (Lipinski definition) is 0. The van der Waals surface area contributed by atoms with Gasteiger partial charge in [-0.15, -0.1) is 0 Å². The predicted molar refractivity (Wildman–Crippen MR) is 176 cm³/mol. The fourth-order valence-electron chi connectivity index (χ4n) is 6.95. The molecule has 3 aromatic rings. The second kappa shape index (κ2) is 14.8. The number of halogens is 6. The van der Waals surface area contributed by atoms with E-state index in [0.29, 0.717) is 24.5 Å². The van der Waals surface area contributed by atoms with E-state index in [9.17, 15) is 31.1 Å². The highest BCUT2D eigenvalue weighted by molar-refractivity contribution is 5.91. The van der Waals surface area contributed by atoms with Crippen molar-refractivity contribution >= 4 is 5.78 Å². The van der Waals surface area contributed by atoms with Crippen LogP contribution in [0.5, 0.6) is 0 Å². The Hall–Kier alpha value is -3.17. The zero-order valence-electron chi connectivity index (χ0n) is 28.0. The van der Waals surface area contributed by atoms with Crippen LogP contribution in [0.25, 0.3) is 11.1 Å². The second-order valence-electron chi connectivity index (χ2n) is 14.3. The van der Waals surface area contributed by atoms with Crippen LogP contribution >= 0.6 is 0 Å². The first-order valence-corrected chi connectivity index (χ1v) is 17.0. The van der Waals surface area contributed by atoms with E-state index >= 15 is 0 Å². The van der Waals surface area contributed by atoms with E-state index in [-0.39, 0.29) is 29.6 Å². The molecule has 0 amide bonds. The van der Waals surface area contributed by atoms with Crippen LogP contribution < -0.4 is 0 Å². The first kappa shape index (κ1) is 36.1. The summed E-state index contributed by atoms with van der Waals surface area (Å²) < 4.78 is 85.2. The van der Waals surface area contributed by atoms with Crippen molar-refractivity contribution in [3.05, 3.63) is 94.5 Å². The molecule has 2 saturated heterocycles. The number of carbonyl (C=O) groups is 1. The summed E-state index contributed by atoms with van der Waals surface area (Å²) in [4.78, 5) is 15.8. The Bertz CT molecular complexity index is 1520. The zero-order chi connectivity index (χ0) is 34.8. The number of ketones is 1. The summed E-state index contributed by atoms with van der Waals surface area (Å²) in [5.74, 6) is 0.504. The first-order chi connectivity index (χ1) is 22.6. The van der Waals surface area contributed by atoms with Crippen LogP contribution in [-0.4, -0.2) is 36.5 Å². The number of rotatable bonds is 12. The third-order valence-corrected chi connectivity index (χ3v) is 9.71. The molecule has 2 aliphatic rings. The molecule has 0 N–H and O–H groups in total. The number of ether oxygens (including phenoxy) is 1. The molecule has 2 fully saturated rings. The minimum atomic E-state index is -4.44. The Labute approximate surface area is 279 Å². The number of hydrogen-bond acceptors (Lipinski definition) is 3. The molecule has 48 heavy (non-hydrogen) atoms. The molecule has 3 unspecified atom stereocenters. The van der Waals surface area contributed by atoms with Crippen molar-refractivity contribution in [1.82, 2.24) is 4.90 Å². The van der Waals surface area contributed by atoms with Gasteiger partial charge < -0.3 is 4.74 Å². The molecule has 0 spiro atoms. The number of nitrogens with zero attached hydrogens (tertiary/aromatic N) is 1. The van der Waals surface area contributed by atoms with Gasteiger partial charge in [0.25, 0.3) is 0 Å². The Kier molecular flexibility index (Phi) is 11.1. The van der Waals surface area contributed by atoms with Crippen molar-refractivity contribution in [3.63, 3.8) is 0 Å². The molecule has 0 saturated carbocycles. The van der Waals surface area contributed by atoms with Crippen molar-refractivity contribution in [3.8, 4) is 11.1 Å². The number of likely N-dealkylation sites (tertiary alicyclic amines) is 1. The Morgan fingerprint density at radius 3 is 1.81 bits per heavy atom. The molecule has 3 nitrogen and oxygen atoms in total. The highest BCUT2D eigenvalue weighted by Gasteiger charge is 2.38. The minimum absolute atomic E-state index is 0.00346. The number of epoxide rings is 1. The quantitative estimate of drug-likeness (QED) is 0.142. The Balaban J connectivity index is 1.43. The van der Waals surface area contributed by atoms with Gasteiger partial charge >= 0.3 is 12.4 Å². The van der Waals surface area contributed by atoms with E-state index in [2.05, 4.69) is 38.7 Å². The smallest absolute Gasteiger partial charge is 0.365 e. The first-order valence-electron chi connectivity index (χ1n) is 17.0. The zero-order valence-corrected chi connectivity index (χ0v) is 28.0. The van der Waals surface area contributed by atoms with Crippen LogP contribution in [0.1, 0.15) is 105 Å². The highest BCUT2D eigenvalue weighted by atomic mass is 19.4. The van der Waals surface area contributed by atoms with Crippen LogP contribution in [0.3, 0.4) is 0 Å². The van der Waals surface area contributed by atoms with Crippen LogP contribution in [0.15, 0.2) is 66.7 Å². The van der Waals surface area contributed by atoms with Gasteiger partial charge in [0.1, 0.15) is 6.10 Å². The van der Waals surface area contributed by atoms with Crippen molar-refractivity contribution in [2.45, 2.75) is 96.1 Å². The van der Waals surface area contributed by atoms with Crippen LogP contribution in [0.2, 0.25) is 0 Å². The normalized spacial score (nSPS) is 19.1.